The number of anilines is 1. The Balaban J connectivity index is 1.85. The first-order chi connectivity index (χ1) is 8.88. The number of benzene rings is 1. The summed E-state index contributed by atoms with van der Waals surface area (Å²) in [6, 6.07) is 8.32. The average molecular weight is 244 g/mol. The second kappa shape index (κ2) is 5.01. The maximum absolute atomic E-state index is 9.15. The molecule has 1 aliphatic carbocycles. The Labute approximate surface area is 108 Å². The topological polar surface area (TPSA) is 35.8 Å². The molecule has 2 aliphatic rings. The Hall–Kier alpha value is -1.51. The van der Waals surface area contributed by atoms with Crippen LogP contribution in [0.15, 0.2) is 29.4 Å². The van der Waals surface area contributed by atoms with Crippen LogP contribution in [0.25, 0.3) is 0 Å². The van der Waals surface area contributed by atoms with Crippen LogP contribution in [-0.2, 0) is 0 Å². The summed E-state index contributed by atoms with van der Waals surface area (Å²) in [5.74, 6) is 0.964. The summed E-state index contributed by atoms with van der Waals surface area (Å²) in [6.07, 6.45) is 6.07. The van der Waals surface area contributed by atoms with Gasteiger partial charge in [0, 0.05) is 24.3 Å². The quantitative estimate of drug-likeness (QED) is 0.654. The lowest BCUT2D eigenvalue weighted by molar-refractivity contribution is 0.318. The van der Waals surface area contributed by atoms with Crippen molar-refractivity contribution in [1.29, 1.82) is 0 Å². The van der Waals surface area contributed by atoms with E-state index in [4.69, 9.17) is 5.21 Å². The van der Waals surface area contributed by atoms with Crippen LogP contribution in [-0.4, -0.2) is 24.0 Å². The summed E-state index contributed by atoms with van der Waals surface area (Å²) in [5, 5.41) is 12.6. The monoisotopic (exact) mass is 244 g/mol. The van der Waals surface area contributed by atoms with Gasteiger partial charge in [-0.3, -0.25) is 0 Å². The third kappa shape index (κ3) is 2.35. The molecule has 0 spiro atoms. The van der Waals surface area contributed by atoms with E-state index in [-0.39, 0.29) is 0 Å². The Morgan fingerprint density at radius 3 is 2.89 bits per heavy atom. The lowest BCUT2D eigenvalue weighted by Gasteiger charge is -2.24. The summed E-state index contributed by atoms with van der Waals surface area (Å²) >= 11 is 0. The van der Waals surface area contributed by atoms with Crippen molar-refractivity contribution < 1.29 is 5.21 Å². The molecule has 0 bridgehead atoms. The highest BCUT2D eigenvalue weighted by atomic mass is 16.4. The maximum atomic E-state index is 9.15. The SMILES string of the molecule is O/N=C1/CCCN(CCC2CC2)c2ccccc21. The van der Waals surface area contributed by atoms with Crippen molar-refractivity contribution in [3.63, 3.8) is 0 Å². The van der Waals surface area contributed by atoms with Crippen molar-refractivity contribution in [2.24, 2.45) is 11.1 Å². The molecule has 1 fully saturated rings. The van der Waals surface area contributed by atoms with Crippen LogP contribution in [0, 0.1) is 5.92 Å². The molecule has 1 heterocycles. The highest BCUT2D eigenvalue weighted by Gasteiger charge is 2.24. The van der Waals surface area contributed by atoms with Gasteiger partial charge in [0.1, 0.15) is 0 Å². The summed E-state index contributed by atoms with van der Waals surface area (Å²) < 4.78 is 0. The molecular formula is C15H20N2O. The Morgan fingerprint density at radius 2 is 2.11 bits per heavy atom. The van der Waals surface area contributed by atoms with Crippen LogP contribution >= 0.6 is 0 Å². The van der Waals surface area contributed by atoms with Crippen molar-refractivity contribution in [3.05, 3.63) is 29.8 Å². The normalized spacial score (nSPS) is 21.8. The minimum atomic E-state index is 0.833. The molecule has 1 saturated carbocycles. The van der Waals surface area contributed by atoms with E-state index in [1.54, 1.807) is 0 Å². The van der Waals surface area contributed by atoms with E-state index in [9.17, 15) is 0 Å². The third-order valence-corrected chi connectivity index (χ3v) is 4.02. The molecular weight excluding hydrogens is 224 g/mol. The van der Waals surface area contributed by atoms with Crippen LogP contribution in [0.5, 0.6) is 0 Å². The fourth-order valence-electron chi connectivity index (χ4n) is 2.77. The molecule has 3 nitrogen and oxygen atoms in total. The van der Waals surface area contributed by atoms with Gasteiger partial charge in [-0.05, 0) is 31.2 Å². The second-order valence-corrected chi connectivity index (χ2v) is 5.39. The van der Waals surface area contributed by atoms with Gasteiger partial charge in [-0.15, -0.1) is 0 Å². The molecule has 0 atom stereocenters. The fourth-order valence-corrected chi connectivity index (χ4v) is 2.77. The molecule has 1 aliphatic heterocycles. The number of rotatable bonds is 3. The fraction of sp³-hybridized carbons (Fsp3) is 0.533. The Morgan fingerprint density at radius 1 is 1.28 bits per heavy atom. The van der Waals surface area contributed by atoms with E-state index in [0.717, 1.165) is 43.1 Å². The largest absolute Gasteiger partial charge is 0.411 e. The van der Waals surface area contributed by atoms with Crippen LogP contribution < -0.4 is 4.90 Å². The minimum absolute atomic E-state index is 0.833. The highest BCUT2D eigenvalue weighted by Crippen LogP contribution is 2.34. The number of hydrogen-bond donors (Lipinski definition) is 1. The predicted octanol–water partition coefficient (Wildman–Crippen LogP) is 3.27. The lowest BCUT2D eigenvalue weighted by atomic mass is 10.1. The highest BCUT2D eigenvalue weighted by molar-refractivity contribution is 6.05. The van der Waals surface area contributed by atoms with Gasteiger partial charge in [0.05, 0.1) is 5.71 Å². The van der Waals surface area contributed by atoms with E-state index in [1.165, 1.54) is 24.9 Å². The van der Waals surface area contributed by atoms with E-state index >= 15 is 0 Å². The smallest absolute Gasteiger partial charge is 0.0889 e. The number of hydrogen-bond acceptors (Lipinski definition) is 3. The molecule has 0 unspecified atom stereocenters. The average Bonchev–Trinajstić information content (AvgIpc) is 3.23. The maximum Gasteiger partial charge on any atom is 0.0889 e. The number of para-hydroxylation sites is 1. The van der Waals surface area contributed by atoms with Crippen molar-refractivity contribution in [3.8, 4) is 0 Å². The van der Waals surface area contributed by atoms with Crippen LogP contribution in [0.2, 0.25) is 0 Å². The molecule has 1 aromatic rings. The molecule has 3 rings (SSSR count). The van der Waals surface area contributed by atoms with Gasteiger partial charge in [0.25, 0.3) is 0 Å². The van der Waals surface area contributed by atoms with Crippen LogP contribution in [0.1, 0.15) is 37.7 Å². The first-order valence-corrected chi connectivity index (χ1v) is 6.94. The predicted molar refractivity (Wildman–Crippen MR) is 73.6 cm³/mol. The molecule has 1 aromatic carbocycles. The van der Waals surface area contributed by atoms with Gasteiger partial charge in [-0.25, -0.2) is 0 Å². The molecule has 0 amide bonds. The summed E-state index contributed by atoms with van der Waals surface area (Å²) in [6.45, 7) is 2.21. The summed E-state index contributed by atoms with van der Waals surface area (Å²) in [5.41, 5.74) is 3.18. The molecule has 0 saturated heterocycles. The van der Waals surface area contributed by atoms with Gasteiger partial charge in [0.15, 0.2) is 0 Å². The van der Waals surface area contributed by atoms with E-state index < -0.39 is 0 Å². The van der Waals surface area contributed by atoms with Gasteiger partial charge in [0.2, 0.25) is 0 Å². The van der Waals surface area contributed by atoms with Crippen molar-refractivity contribution in [2.75, 3.05) is 18.0 Å². The number of fused-ring (bicyclic) bond motifs is 1. The van der Waals surface area contributed by atoms with Crippen LogP contribution in [0.4, 0.5) is 5.69 Å². The Kier molecular flexibility index (Phi) is 3.22. The summed E-state index contributed by atoms with van der Waals surface area (Å²) in [4.78, 5) is 2.46. The summed E-state index contributed by atoms with van der Waals surface area (Å²) in [7, 11) is 0. The Bertz CT molecular complexity index is 452. The second-order valence-electron chi connectivity index (χ2n) is 5.39. The van der Waals surface area contributed by atoms with Gasteiger partial charge in [-0.1, -0.05) is 36.2 Å². The molecule has 18 heavy (non-hydrogen) atoms. The zero-order valence-electron chi connectivity index (χ0n) is 10.7. The first kappa shape index (κ1) is 11.6. The number of nitrogens with zero attached hydrogens (tertiary/aromatic N) is 2. The molecule has 1 N–H and O–H groups in total. The molecule has 96 valence electrons. The van der Waals surface area contributed by atoms with Gasteiger partial charge in [-0.2, -0.15) is 0 Å². The minimum Gasteiger partial charge on any atom is -0.411 e. The number of oxime groups is 1. The van der Waals surface area contributed by atoms with Gasteiger partial charge >= 0.3 is 0 Å². The van der Waals surface area contributed by atoms with Crippen LogP contribution in [0.3, 0.4) is 0 Å². The molecule has 0 radical (unpaired) electrons. The zero-order chi connectivity index (χ0) is 12.4. The lowest BCUT2D eigenvalue weighted by Crippen LogP contribution is -2.25. The van der Waals surface area contributed by atoms with E-state index in [0.29, 0.717) is 0 Å². The van der Waals surface area contributed by atoms with Gasteiger partial charge < -0.3 is 10.1 Å². The zero-order valence-corrected chi connectivity index (χ0v) is 10.7. The van der Waals surface area contributed by atoms with Crippen molar-refractivity contribution >= 4 is 11.4 Å². The molecule has 3 heteroatoms. The molecule has 0 aromatic heterocycles. The van der Waals surface area contributed by atoms with E-state index in [1.807, 2.05) is 6.07 Å². The standard InChI is InChI=1S/C15H20N2O/c18-16-14-5-3-10-17(11-9-12-7-8-12)15-6-2-1-4-13(14)15/h1-2,4,6,12,18H,3,5,7-11H2/b16-14-. The third-order valence-electron chi connectivity index (χ3n) is 4.02. The van der Waals surface area contributed by atoms with Crippen molar-refractivity contribution in [1.82, 2.24) is 0 Å². The first-order valence-electron chi connectivity index (χ1n) is 6.94. The van der Waals surface area contributed by atoms with Crippen molar-refractivity contribution in [2.45, 2.75) is 32.1 Å². The van der Waals surface area contributed by atoms with E-state index in [2.05, 4.69) is 28.3 Å².